The molecule has 0 aliphatic heterocycles. The van der Waals surface area contributed by atoms with E-state index in [-0.39, 0.29) is 11.3 Å². The van der Waals surface area contributed by atoms with E-state index >= 15 is 0 Å². The van der Waals surface area contributed by atoms with Gasteiger partial charge in [-0.05, 0) is 36.1 Å². The van der Waals surface area contributed by atoms with Crippen LogP contribution in [0.4, 0.5) is 5.69 Å². The zero-order valence-electron chi connectivity index (χ0n) is 17.4. The molecule has 1 unspecified atom stereocenters. The van der Waals surface area contributed by atoms with E-state index < -0.39 is 0 Å². The summed E-state index contributed by atoms with van der Waals surface area (Å²) in [6, 6.07) is 13.5. The third-order valence-corrected chi connectivity index (χ3v) is 6.11. The second-order valence-corrected chi connectivity index (χ2v) is 7.96. The first-order valence-corrected chi connectivity index (χ1v) is 10.6. The van der Waals surface area contributed by atoms with Crippen molar-refractivity contribution in [3.8, 4) is 11.1 Å². The lowest BCUT2D eigenvalue weighted by atomic mass is 9.83. The predicted molar refractivity (Wildman–Crippen MR) is 120 cm³/mol. The Labute approximate surface area is 171 Å². The molecule has 0 saturated heterocycles. The summed E-state index contributed by atoms with van der Waals surface area (Å²) in [7, 11) is 1.77. The lowest BCUT2D eigenvalue weighted by molar-refractivity contribution is 0.104. The number of anilines is 1. The first-order chi connectivity index (χ1) is 14.1. The number of aryl methyl sites for hydroxylation is 1. The third kappa shape index (κ3) is 3.27. The van der Waals surface area contributed by atoms with E-state index in [0.717, 1.165) is 40.6 Å². The summed E-state index contributed by atoms with van der Waals surface area (Å²) >= 11 is 0. The van der Waals surface area contributed by atoms with Crippen molar-refractivity contribution in [2.24, 2.45) is 7.05 Å². The number of carbonyl (C=O) groups is 1. The highest BCUT2D eigenvalue weighted by Gasteiger charge is 2.29. The number of pyridine rings is 1. The fourth-order valence-electron chi connectivity index (χ4n) is 4.41. The quantitative estimate of drug-likeness (QED) is 0.424. The van der Waals surface area contributed by atoms with Crippen molar-refractivity contribution < 1.29 is 4.79 Å². The molecule has 1 aliphatic carbocycles. The molecular weight excluding hydrogens is 360 g/mol. The van der Waals surface area contributed by atoms with Crippen LogP contribution in [-0.2, 0) is 7.05 Å². The van der Waals surface area contributed by atoms with Crippen LogP contribution in [0.25, 0.3) is 22.0 Å². The number of hydrogen-bond donors (Lipinski definition) is 1. The standard InChI is InChI=1S/C25H28N2O2/c1-4-6-7-10-16(5-2)26-20-13-14-21-23-19(15-22(28)27(21)3)17-11-8-9-12-18(17)25(29)24(20)23/h8-9,11-16,26H,4-7,10H2,1-3H3. The second kappa shape index (κ2) is 7.86. The van der Waals surface area contributed by atoms with Gasteiger partial charge in [0, 0.05) is 35.8 Å². The molecule has 2 aromatic carbocycles. The van der Waals surface area contributed by atoms with Crippen LogP contribution >= 0.6 is 0 Å². The molecule has 29 heavy (non-hydrogen) atoms. The first kappa shape index (κ1) is 19.4. The number of carbonyl (C=O) groups excluding carboxylic acids is 1. The van der Waals surface area contributed by atoms with Crippen LogP contribution in [-0.4, -0.2) is 16.4 Å². The molecule has 1 N–H and O–H groups in total. The number of hydrogen-bond acceptors (Lipinski definition) is 3. The third-order valence-electron chi connectivity index (χ3n) is 6.11. The number of aromatic nitrogens is 1. The molecule has 150 valence electrons. The van der Waals surface area contributed by atoms with E-state index in [1.807, 2.05) is 36.4 Å². The van der Waals surface area contributed by atoms with Crippen LogP contribution in [0.2, 0.25) is 0 Å². The lowest BCUT2D eigenvalue weighted by Crippen LogP contribution is -2.24. The Hall–Kier alpha value is -2.88. The highest BCUT2D eigenvalue weighted by atomic mass is 16.1. The smallest absolute Gasteiger partial charge is 0.251 e. The molecule has 4 nitrogen and oxygen atoms in total. The maximum Gasteiger partial charge on any atom is 0.251 e. The van der Waals surface area contributed by atoms with Crippen LogP contribution in [0.5, 0.6) is 0 Å². The Balaban J connectivity index is 1.90. The predicted octanol–water partition coefficient (Wildman–Crippen LogP) is 5.52. The Morgan fingerprint density at radius 2 is 1.72 bits per heavy atom. The minimum absolute atomic E-state index is 0.0308. The molecule has 0 spiro atoms. The SMILES string of the molecule is CCCCCC(CC)Nc1ccc2c3c(cc(=O)n2C)-c2ccccc2C(=O)c13. The monoisotopic (exact) mass is 388 g/mol. The van der Waals surface area contributed by atoms with Crippen molar-refractivity contribution >= 4 is 22.4 Å². The summed E-state index contributed by atoms with van der Waals surface area (Å²) in [6.07, 6.45) is 5.70. The van der Waals surface area contributed by atoms with Gasteiger partial charge in [-0.2, -0.15) is 0 Å². The number of ketones is 1. The van der Waals surface area contributed by atoms with Crippen LogP contribution in [0.1, 0.15) is 61.9 Å². The van der Waals surface area contributed by atoms with Gasteiger partial charge in [-0.15, -0.1) is 0 Å². The van der Waals surface area contributed by atoms with Gasteiger partial charge in [-0.25, -0.2) is 0 Å². The summed E-state index contributed by atoms with van der Waals surface area (Å²) in [5.41, 5.74) is 4.68. The van der Waals surface area contributed by atoms with E-state index in [0.29, 0.717) is 17.2 Å². The number of unbranched alkanes of at least 4 members (excludes halogenated alkanes) is 2. The van der Waals surface area contributed by atoms with Crippen LogP contribution in [0.3, 0.4) is 0 Å². The van der Waals surface area contributed by atoms with Gasteiger partial charge in [-0.1, -0.05) is 57.4 Å². The highest BCUT2D eigenvalue weighted by molar-refractivity contribution is 6.28. The number of rotatable bonds is 7. The van der Waals surface area contributed by atoms with Gasteiger partial charge in [0.1, 0.15) is 0 Å². The summed E-state index contributed by atoms with van der Waals surface area (Å²) in [5.74, 6) is 0.0308. The number of nitrogens with zero attached hydrogens (tertiary/aromatic N) is 1. The average Bonchev–Trinajstić information content (AvgIpc) is 2.74. The lowest BCUT2D eigenvalue weighted by Gasteiger charge is -2.26. The fourth-order valence-corrected chi connectivity index (χ4v) is 4.41. The molecule has 1 atom stereocenters. The van der Waals surface area contributed by atoms with Crippen molar-refractivity contribution in [1.29, 1.82) is 0 Å². The van der Waals surface area contributed by atoms with Crippen molar-refractivity contribution in [3.05, 3.63) is 63.9 Å². The molecule has 1 heterocycles. The van der Waals surface area contributed by atoms with Gasteiger partial charge in [0.2, 0.25) is 0 Å². The molecule has 1 aromatic heterocycles. The molecule has 0 saturated carbocycles. The van der Waals surface area contributed by atoms with Gasteiger partial charge in [0.15, 0.2) is 5.78 Å². The van der Waals surface area contributed by atoms with Gasteiger partial charge < -0.3 is 9.88 Å². The van der Waals surface area contributed by atoms with Gasteiger partial charge in [-0.3, -0.25) is 9.59 Å². The van der Waals surface area contributed by atoms with Crippen LogP contribution in [0, 0.1) is 0 Å². The van der Waals surface area contributed by atoms with Crippen LogP contribution < -0.4 is 10.9 Å². The van der Waals surface area contributed by atoms with Crippen molar-refractivity contribution in [2.45, 2.75) is 52.0 Å². The maximum atomic E-state index is 13.5. The van der Waals surface area contributed by atoms with Gasteiger partial charge in [0.25, 0.3) is 5.56 Å². The van der Waals surface area contributed by atoms with Gasteiger partial charge in [0.05, 0.1) is 11.1 Å². The molecule has 4 heteroatoms. The molecule has 0 amide bonds. The zero-order chi connectivity index (χ0) is 20.5. The largest absolute Gasteiger partial charge is 0.382 e. The minimum Gasteiger partial charge on any atom is -0.382 e. The van der Waals surface area contributed by atoms with E-state index in [1.54, 1.807) is 17.7 Å². The minimum atomic E-state index is -0.0608. The van der Waals surface area contributed by atoms with Gasteiger partial charge >= 0.3 is 0 Å². The zero-order valence-corrected chi connectivity index (χ0v) is 17.4. The summed E-state index contributed by atoms with van der Waals surface area (Å²) in [4.78, 5) is 26.1. The average molecular weight is 389 g/mol. The summed E-state index contributed by atoms with van der Waals surface area (Å²) in [6.45, 7) is 4.40. The molecule has 0 bridgehead atoms. The molecule has 0 fully saturated rings. The molecule has 3 aromatic rings. The molecule has 0 radical (unpaired) electrons. The van der Waals surface area contributed by atoms with Crippen LogP contribution in [0.15, 0.2) is 47.3 Å². The Bertz CT molecular complexity index is 1140. The van der Waals surface area contributed by atoms with Crippen molar-refractivity contribution in [1.82, 2.24) is 4.57 Å². The molecular formula is C25H28N2O2. The van der Waals surface area contributed by atoms with E-state index in [4.69, 9.17) is 0 Å². The molecule has 1 aliphatic rings. The normalized spacial score (nSPS) is 13.4. The number of benzene rings is 2. The van der Waals surface area contributed by atoms with E-state index in [9.17, 15) is 9.59 Å². The number of fused-ring (bicyclic) bond motifs is 2. The topological polar surface area (TPSA) is 51.1 Å². The Morgan fingerprint density at radius 3 is 2.45 bits per heavy atom. The maximum absolute atomic E-state index is 13.5. The fraction of sp³-hybridized carbons (Fsp3) is 0.360. The Morgan fingerprint density at radius 1 is 0.966 bits per heavy atom. The summed E-state index contributed by atoms with van der Waals surface area (Å²) < 4.78 is 1.63. The van der Waals surface area contributed by atoms with Crippen molar-refractivity contribution in [2.75, 3.05) is 5.32 Å². The van der Waals surface area contributed by atoms with E-state index in [1.165, 1.54) is 19.3 Å². The second-order valence-electron chi connectivity index (χ2n) is 7.96. The van der Waals surface area contributed by atoms with Crippen molar-refractivity contribution in [3.63, 3.8) is 0 Å². The molecule has 4 rings (SSSR count). The number of nitrogens with one attached hydrogen (secondary N) is 1. The Kier molecular flexibility index (Phi) is 5.27. The summed E-state index contributed by atoms with van der Waals surface area (Å²) in [5, 5.41) is 4.53. The highest BCUT2D eigenvalue weighted by Crippen LogP contribution is 2.41. The van der Waals surface area contributed by atoms with E-state index in [2.05, 4.69) is 19.2 Å². The first-order valence-electron chi connectivity index (χ1n) is 10.6.